The van der Waals surface area contributed by atoms with Crippen LogP contribution >= 0.6 is 0 Å². The van der Waals surface area contributed by atoms with E-state index in [0.29, 0.717) is 0 Å². The van der Waals surface area contributed by atoms with Gasteiger partial charge in [0.25, 0.3) is 0 Å². The van der Waals surface area contributed by atoms with Crippen molar-refractivity contribution in [1.29, 1.82) is 0 Å². The second kappa shape index (κ2) is 15.0. The molecule has 4 N–H and O–H groups in total. The van der Waals surface area contributed by atoms with Crippen LogP contribution < -0.4 is 16.2 Å². The SMILES string of the molecule is CCCCCCCCCCCCOc1ccc(-c2cc(-c3ccc(N)cc3)nc(-c3ccc(N)cc3)c2)cc1. The molecule has 0 aliphatic heterocycles. The number of ether oxygens (including phenoxy) is 1. The number of nitrogen functional groups attached to an aromatic ring is 2. The van der Waals surface area contributed by atoms with Crippen molar-refractivity contribution < 1.29 is 4.74 Å². The monoisotopic (exact) mass is 521 g/mol. The normalized spacial score (nSPS) is 11.0. The molecule has 0 amide bonds. The fourth-order valence-electron chi connectivity index (χ4n) is 4.82. The van der Waals surface area contributed by atoms with Gasteiger partial charge >= 0.3 is 0 Å². The maximum absolute atomic E-state index is 6.04. The highest BCUT2D eigenvalue weighted by atomic mass is 16.5. The number of unbranched alkanes of at least 4 members (excludes halogenated alkanes) is 9. The summed E-state index contributed by atoms with van der Waals surface area (Å²) >= 11 is 0. The van der Waals surface area contributed by atoms with Crippen molar-refractivity contribution in [2.24, 2.45) is 0 Å². The molecule has 4 heteroatoms. The van der Waals surface area contributed by atoms with Gasteiger partial charge in [0.05, 0.1) is 18.0 Å². The molecule has 0 saturated heterocycles. The van der Waals surface area contributed by atoms with Gasteiger partial charge in [0.1, 0.15) is 5.75 Å². The molecule has 0 saturated carbocycles. The molecular weight excluding hydrogens is 478 g/mol. The van der Waals surface area contributed by atoms with E-state index < -0.39 is 0 Å². The van der Waals surface area contributed by atoms with Crippen molar-refractivity contribution in [3.8, 4) is 39.4 Å². The first-order valence-electron chi connectivity index (χ1n) is 14.6. The lowest BCUT2D eigenvalue weighted by molar-refractivity contribution is 0.304. The molecule has 0 fully saturated rings. The Kier molecular flexibility index (Phi) is 10.8. The van der Waals surface area contributed by atoms with E-state index in [4.69, 9.17) is 21.2 Å². The number of hydrogen-bond acceptors (Lipinski definition) is 4. The third kappa shape index (κ3) is 8.88. The van der Waals surface area contributed by atoms with E-state index in [2.05, 4.69) is 43.3 Å². The van der Waals surface area contributed by atoms with Crippen LogP contribution in [0.25, 0.3) is 33.6 Å². The number of aromatic nitrogens is 1. The van der Waals surface area contributed by atoms with E-state index in [0.717, 1.165) is 63.8 Å². The van der Waals surface area contributed by atoms with Crippen molar-refractivity contribution in [1.82, 2.24) is 4.98 Å². The van der Waals surface area contributed by atoms with Crippen LogP contribution in [0.5, 0.6) is 5.75 Å². The van der Waals surface area contributed by atoms with E-state index >= 15 is 0 Å². The highest BCUT2D eigenvalue weighted by Crippen LogP contribution is 2.31. The minimum atomic E-state index is 0.738. The van der Waals surface area contributed by atoms with Gasteiger partial charge in [-0.3, -0.25) is 0 Å². The van der Waals surface area contributed by atoms with Crippen LogP contribution in [0.1, 0.15) is 71.1 Å². The van der Waals surface area contributed by atoms with Gasteiger partial charge in [0.2, 0.25) is 0 Å². The third-order valence-corrected chi connectivity index (χ3v) is 7.19. The fourth-order valence-corrected chi connectivity index (χ4v) is 4.82. The number of nitrogens with zero attached hydrogens (tertiary/aromatic N) is 1. The lowest BCUT2D eigenvalue weighted by Crippen LogP contribution is -1.97. The second-order valence-electron chi connectivity index (χ2n) is 10.4. The predicted molar refractivity (Wildman–Crippen MR) is 167 cm³/mol. The zero-order valence-corrected chi connectivity index (χ0v) is 23.4. The average Bonchev–Trinajstić information content (AvgIpc) is 2.97. The first-order valence-corrected chi connectivity index (χ1v) is 14.6. The van der Waals surface area contributed by atoms with E-state index in [9.17, 15) is 0 Å². The summed E-state index contributed by atoms with van der Waals surface area (Å²) in [6, 6.07) is 28.3. The summed E-state index contributed by atoms with van der Waals surface area (Å²) in [4.78, 5) is 4.96. The number of anilines is 2. The van der Waals surface area contributed by atoms with E-state index in [1.165, 1.54) is 57.8 Å². The Morgan fingerprint density at radius 2 is 0.949 bits per heavy atom. The minimum Gasteiger partial charge on any atom is -0.494 e. The van der Waals surface area contributed by atoms with Crippen molar-refractivity contribution in [2.45, 2.75) is 71.1 Å². The Labute approximate surface area is 234 Å². The summed E-state index contributed by atoms with van der Waals surface area (Å²) in [5, 5.41) is 0. The quantitative estimate of drug-likeness (QED) is 0.121. The molecule has 0 aliphatic carbocycles. The third-order valence-electron chi connectivity index (χ3n) is 7.19. The van der Waals surface area contributed by atoms with Crippen LogP contribution in [0.15, 0.2) is 84.9 Å². The number of nitrogens with two attached hydrogens (primary N) is 2. The maximum atomic E-state index is 6.04. The number of benzene rings is 3. The topological polar surface area (TPSA) is 74.2 Å². The van der Waals surface area contributed by atoms with Gasteiger partial charge in [0, 0.05) is 22.5 Å². The Hall–Kier alpha value is -3.79. The Morgan fingerprint density at radius 1 is 0.513 bits per heavy atom. The molecule has 0 spiro atoms. The molecule has 4 nitrogen and oxygen atoms in total. The number of hydrogen-bond donors (Lipinski definition) is 2. The van der Waals surface area contributed by atoms with Crippen molar-refractivity contribution >= 4 is 11.4 Å². The molecule has 1 aromatic heterocycles. The summed E-state index contributed by atoms with van der Waals surface area (Å²) in [5.41, 5.74) is 19.4. The van der Waals surface area contributed by atoms with Crippen molar-refractivity contribution in [3.63, 3.8) is 0 Å². The molecule has 0 atom stereocenters. The molecule has 4 rings (SSSR count). The highest BCUT2D eigenvalue weighted by molar-refractivity contribution is 5.77. The van der Waals surface area contributed by atoms with Gasteiger partial charge < -0.3 is 16.2 Å². The van der Waals surface area contributed by atoms with Crippen molar-refractivity contribution in [2.75, 3.05) is 18.1 Å². The van der Waals surface area contributed by atoms with Crippen LogP contribution in [0.2, 0.25) is 0 Å². The summed E-state index contributed by atoms with van der Waals surface area (Å²) < 4.78 is 6.04. The second-order valence-corrected chi connectivity index (χ2v) is 10.4. The highest BCUT2D eigenvalue weighted by Gasteiger charge is 2.10. The van der Waals surface area contributed by atoms with Crippen LogP contribution in [0.4, 0.5) is 11.4 Å². The van der Waals surface area contributed by atoms with Crippen LogP contribution in [0, 0.1) is 0 Å². The zero-order valence-electron chi connectivity index (χ0n) is 23.4. The largest absolute Gasteiger partial charge is 0.494 e. The first kappa shape index (κ1) is 28.2. The van der Waals surface area contributed by atoms with Crippen LogP contribution in [-0.2, 0) is 0 Å². The van der Waals surface area contributed by atoms with Crippen LogP contribution in [0.3, 0.4) is 0 Å². The molecule has 204 valence electrons. The summed E-state index contributed by atoms with van der Waals surface area (Å²) in [7, 11) is 0. The molecule has 3 aromatic carbocycles. The molecule has 0 unspecified atom stereocenters. The fraction of sp³-hybridized carbons (Fsp3) is 0.343. The zero-order chi connectivity index (χ0) is 27.3. The van der Waals surface area contributed by atoms with Gasteiger partial charge in [-0.15, -0.1) is 0 Å². The van der Waals surface area contributed by atoms with Crippen molar-refractivity contribution in [3.05, 3.63) is 84.9 Å². The Bertz CT molecular complexity index is 1200. The van der Waals surface area contributed by atoms with Gasteiger partial charge in [-0.2, -0.15) is 0 Å². The molecule has 4 aromatic rings. The lowest BCUT2D eigenvalue weighted by atomic mass is 9.99. The Morgan fingerprint density at radius 3 is 1.44 bits per heavy atom. The van der Waals surface area contributed by atoms with Gasteiger partial charge in [-0.25, -0.2) is 4.98 Å². The lowest BCUT2D eigenvalue weighted by Gasteiger charge is -2.12. The van der Waals surface area contributed by atoms with Crippen LogP contribution in [-0.4, -0.2) is 11.6 Å². The number of pyridine rings is 1. The smallest absolute Gasteiger partial charge is 0.119 e. The van der Waals surface area contributed by atoms with Gasteiger partial charge in [0.15, 0.2) is 0 Å². The van der Waals surface area contributed by atoms with E-state index in [1.54, 1.807) is 0 Å². The Balaban J connectivity index is 1.36. The predicted octanol–water partition coefficient (Wildman–Crippen LogP) is 9.55. The van der Waals surface area contributed by atoms with Gasteiger partial charge in [-0.05, 0) is 66.1 Å². The summed E-state index contributed by atoms with van der Waals surface area (Å²) in [6.45, 7) is 3.04. The average molecular weight is 522 g/mol. The standard InChI is InChI=1S/C35H43N3O/c1-2-3-4-5-6-7-8-9-10-11-24-39-33-22-16-27(17-23-33)30-25-34(28-12-18-31(36)19-13-28)38-35(26-30)29-14-20-32(37)21-15-29/h12-23,25-26H,2-11,24,36-37H2,1H3. The molecular formula is C35H43N3O. The molecule has 0 bridgehead atoms. The molecule has 0 aliphatic rings. The minimum absolute atomic E-state index is 0.738. The summed E-state index contributed by atoms with van der Waals surface area (Å²) in [5.74, 6) is 0.918. The molecule has 1 heterocycles. The van der Waals surface area contributed by atoms with E-state index in [-0.39, 0.29) is 0 Å². The maximum Gasteiger partial charge on any atom is 0.119 e. The van der Waals surface area contributed by atoms with E-state index in [1.807, 2.05) is 48.5 Å². The first-order chi connectivity index (χ1) is 19.1. The summed E-state index contributed by atoms with van der Waals surface area (Å²) in [6.07, 6.45) is 13.3. The van der Waals surface area contributed by atoms with Gasteiger partial charge in [-0.1, -0.05) is 101 Å². The number of rotatable bonds is 15. The molecule has 39 heavy (non-hydrogen) atoms. The molecule has 0 radical (unpaired) electrons.